The lowest BCUT2D eigenvalue weighted by Gasteiger charge is -2.13. The molecule has 0 radical (unpaired) electrons. The minimum Gasteiger partial charge on any atom is -0.386 e. The Balaban J connectivity index is 0.00000576. The lowest BCUT2D eigenvalue weighted by molar-refractivity contribution is 0.0698. The maximum atomic E-state index is 10.2. The van der Waals surface area contributed by atoms with E-state index in [0.717, 1.165) is 25.1 Å². The summed E-state index contributed by atoms with van der Waals surface area (Å²) in [5, 5.41) is 17.2. The van der Waals surface area contributed by atoms with Gasteiger partial charge >= 0.3 is 0 Å². The zero-order valence-corrected chi connectivity index (χ0v) is 17.9. The summed E-state index contributed by atoms with van der Waals surface area (Å²) in [7, 11) is 1.66. The second-order valence-electron chi connectivity index (χ2n) is 5.17. The lowest BCUT2D eigenvalue weighted by Crippen LogP contribution is -2.38. The third-order valence-corrected chi connectivity index (χ3v) is 3.46. The van der Waals surface area contributed by atoms with Crippen LogP contribution in [0.5, 0.6) is 0 Å². The molecular weight excluding hydrogens is 457 g/mol. The molecule has 0 aromatic heterocycles. The number of nitrogens with one attached hydrogen (secondary N) is 2. The van der Waals surface area contributed by atoms with E-state index in [9.17, 15) is 5.11 Å². The normalized spacial score (nSPS) is 12.4. The third kappa shape index (κ3) is 11.6. The van der Waals surface area contributed by atoms with Gasteiger partial charge in [-0.15, -0.1) is 24.0 Å². The highest BCUT2D eigenvalue weighted by molar-refractivity contribution is 14.0. The highest BCUT2D eigenvalue weighted by Gasteiger charge is 2.07. The molecule has 0 aliphatic rings. The molecule has 1 aromatic rings. The molecule has 0 saturated heterocycles. The fourth-order valence-electron chi connectivity index (χ4n) is 1.94. The van der Waals surface area contributed by atoms with Gasteiger partial charge in [-0.1, -0.05) is 23.7 Å². The van der Waals surface area contributed by atoms with Gasteiger partial charge in [-0.25, -0.2) is 0 Å². The molecule has 0 aliphatic carbocycles. The van der Waals surface area contributed by atoms with Gasteiger partial charge in [-0.05, 0) is 31.0 Å². The molecular formula is C17H29ClIN3O3. The Hall–Kier alpha value is -0.610. The number of halogens is 2. The van der Waals surface area contributed by atoms with Crippen molar-refractivity contribution < 1.29 is 14.6 Å². The predicted molar refractivity (Wildman–Crippen MR) is 113 cm³/mol. The number of aliphatic imine (C=N–C) groups is 1. The molecule has 0 amide bonds. The van der Waals surface area contributed by atoms with E-state index >= 15 is 0 Å². The molecule has 0 spiro atoms. The van der Waals surface area contributed by atoms with Crippen molar-refractivity contribution in [2.75, 3.05) is 46.6 Å². The summed E-state index contributed by atoms with van der Waals surface area (Å²) in [6, 6.07) is 7.13. The molecule has 8 heteroatoms. The molecule has 0 fully saturated rings. The molecule has 25 heavy (non-hydrogen) atoms. The summed E-state index contributed by atoms with van der Waals surface area (Å²) in [5.74, 6) is 0.683. The smallest absolute Gasteiger partial charge is 0.191 e. The van der Waals surface area contributed by atoms with Crippen LogP contribution in [-0.4, -0.2) is 57.6 Å². The van der Waals surface area contributed by atoms with Gasteiger partial charge < -0.3 is 25.2 Å². The number of ether oxygens (including phenoxy) is 2. The first-order valence-electron chi connectivity index (χ1n) is 8.19. The van der Waals surface area contributed by atoms with Crippen LogP contribution < -0.4 is 10.6 Å². The maximum Gasteiger partial charge on any atom is 0.191 e. The average Bonchev–Trinajstić information content (AvgIpc) is 2.59. The van der Waals surface area contributed by atoms with E-state index < -0.39 is 6.10 Å². The Labute approximate surface area is 172 Å². The molecule has 3 N–H and O–H groups in total. The van der Waals surface area contributed by atoms with Gasteiger partial charge in [-0.2, -0.15) is 0 Å². The number of hydrogen-bond donors (Lipinski definition) is 3. The summed E-state index contributed by atoms with van der Waals surface area (Å²) in [5.41, 5.74) is 0.797. The molecule has 1 unspecified atom stereocenters. The predicted octanol–water partition coefficient (Wildman–Crippen LogP) is 2.60. The SMILES string of the molecule is CCNC(=NCC(O)c1ccc(Cl)cc1)NCCCOCCOC.I. The van der Waals surface area contributed by atoms with Crippen LogP contribution in [-0.2, 0) is 9.47 Å². The van der Waals surface area contributed by atoms with Gasteiger partial charge in [0.15, 0.2) is 5.96 Å². The second kappa shape index (κ2) is 15.6. The number of hydrogen-bond acceptors (Lipinski definition) is 4. The monoisotopic (exact) mass is 485 g/mol. The largest absolute Gasteiger partial charge is 0.386 e. The number of methoxy groups -OCH3 is 1. The van der Waals surface area contributed by atoms with Crippen LogP contribution in [0.4, 0.5) is 0 Å². The van der Waals surface area contributed by atoms with Crippen LogP contribution in [0, 0.1) is 0 Å². The van der Waals surface area contributed by atoms with Crippen molar-refractivity contribution in [2.45, 2.75) is 19.4 Å². The van der Waals surface area contributed by atoms with Gasteiger partial charge in [0.05, 0.1) is 25.9 Å². The Morgan fingerprint density at radius 3 is 2.56 bits per heavy atom. The second-order valence-corrected chi connectivity index (χ2v) is 5.61. The molecule has 0 aliphatic heterocycles. The number of aliphatic hydroxyl groups is 1. The zero-order chi connectivity index (χ0) is 17.6. The Kier molecular flexibility index (Phi) is 15.2. The Bertz CT molecular complexity index is 475. The molecule has 1 aromatic carbocycles. The van der Waals surface area contributed by atoms with Gasteiger partial charge in [0, 0.05) is 31.8 Å². The third-order valence-electron chi connectivity index (χ3n) is 3.21. The van der Waals surface area contributed by atoms with Crippen LogP contribution in [0.25, 0.3) is 0 Å². The Morgan fingerprint density at radius 1 is 1.20 bits per heavy atom. The van der Waals surface area contributed by atoms with E-state index in [1.54, 1.807) is 31.4 Å². The van der Waals surface area contributed by atoms with E-state index in [1.807, 2.05) is 6.92 Å². The number of guanidine groups is 1. The van der Waals surface area contributed by atoms with Crippen molar-refractivity contribution in [2.24, 2.45) is 4.99 Å². The first-order chi connectivity index (χ1) is 11.7. The van der Waals surface area contributed by atoms with E-state index in [0.29, 0.717) is 30.8 Å². The van der Waals surface area contributed by atoms with Crippen LogP contribution in [0.15, 0.2) is 29.3 Å². The molecule has 6 nitrogen and oxygen atoms in total. The number of benzene rings is 1. The summed E-state index contributed by atoms with van der Waals surface area (Å²) in [4.78, 5) is 4.41. The van der Waals surface area contributed by atoms with E-state index in [1.165, 1.54) is 0 Å². The first kappa shape index (κ1) is 24.4. The molecule has 144 valence electrons. The Morgan fingerprint density at radius 2 is 1.92 bits per heavy atom. The summed E-state index contributed by atoms with van der Waals surface area (Å²) >= 11 is 5.85. The number of nitrogens with zero attached hydrogens (tertiary/aromatic N) is 1. The van der Waals surface area contributed by atoms with Crippen LogP contribution in [0.2, 0.25) is 5.02 Å². The minimum atomic E-state index is -0.657. The quantitative estimate of drug-likeness (QED) is 0.194. The highest BCUT2D eigenvalue weighted by atomic mass is 127. The first-order valence-corrected chi connectivity index (χ1v) is 8.57. The van der Waals surface area contributed by atoms with E-state index in [4.69, 9.17) is 21.1 Å². The average molecular weight is 486 g/mol. The van der Waals surface area contributed by atoms with Crippen molar-refractivity contribution >= 4 is 41.5 Å². The number of rotatable bonds is 11. The minimum absolute atomic E-state index is 0. The van der Waals surface area contributed by atoms with E-state index in [-0.39, 0.29) is 30.5 Å². The summed E-state index contributed by atoms with van der Waals surface area (Å²) in [6.07, 6.45) is 0.212. The fraction of sp³-hybridized carbons (Fsp3) is 0.588. The molecule has 0 bridgehead atoms. The van der Waals surface area contributed by atoms with Crippen LogP contribution >= 0.6 is 35.6 Å². The lowest BCUT2D eigenvalue weighted by atomic mass is 10.1. The van der Waals surface area contributed by atoms with Crippen molar-refractivity contribution in [3.63, 3.8) is 0 Å². The van der Waals surface area contributed by atoms with Crippen LogP contribution in [0.1, 0.15) is 25.0 Å². The van der Waals surface area contributed by atoms with Gasteiger partial charge in [0.2, 0.25) is 0 Å². The molecule has 1 atom stereocenters. The van der Waals surface area contributed by atoms with Crippen molar-refractivity contribution in [1.82, 2.24) is 10.6 Å². The van der Waals surface area contributed by atoms with E-state index in [2.05, 4.69) is 15.6 Å². The zero-order valence-electron chi connectivity index (χ0n) is 14.8. The number of aliphatic hydroxyl groups excluding tert-OH is 1. The fourth-order valence-corrected chi connectivity index (χ4v) is 2.06. The van der Waals surface area contributed by atoms with Crippen molar-refractivity contribution in [3.8, 4) is 0 Å². The maximum absolute atomic E-state index is 10.2. The van der Waals surface area contributed by atoms with Gasteiger partial charge in [0.25, 0.3) is 0 Å². The molecule has 0 heterocycles. The summed E-state index contributed by atoms with van der Waals surface area (Å²) < 4.78 is 10.3. The molecule has 1 rings (SSSR count). The van der Waals surface area contributed by atoms with Gasteiger partial charge in [-0.3, -0.25) is 4.99 Å². The molecule has 0 saturated carbocycles. The van der Waals surface area contributed by atoms with Crippen molar-refractivity contribution in [1.29, 1.82) is 0 Å². The van der Waals surface area contributed by atoms with Gasteiger partial charge in [0.1, 0.15) is 0 Å². The van der Waals surface area contributed by atoms with Crippen LogP contribution in [0.3, 0.4) is 0 Å². The highest BCUT2D eigenvalue weighted by Crippen LogP contribution is 2.16. The topological polar surface area (TPSA) is 75.1 Å². The summed E-state index contributed by atoms with van der Waals surface area (Å²) in [6.45, 7) is 5.67. The standard InChI is InChI=1S/C17H28ClN3O3.HI/c1-3-19-17(20-9-4-10-24-12-11-23-2)21-13-16(22)14-5-7-15(18)8-6-14;/h5-8,16,22H,3-4,9-13H2,1-2H3,(H2,19,20,21);1H. The van der Waals surface area contributed by atoms with Crippen molar-refractivity contribution in [3.05, 3.63) is 34.9 Å².